The van der Waals surface area contributed by atoms with Crippen molar-refractivity contribution in [3.8, 4) is 0 Å². The molecule has 1 heterocycles. The highest BCUT2D eigenvalue weighted by atomic mass is 79.9. The molecule has 3 aliphatic carbocycles. The predicted molar refractivity (Wildman–Crippen MR) is 134 cm³/mol. The SMILES string of the molecule is Cn1nc(C(C)(F)F)cc1C12CCC(CN(C(=O)NC(C)(C)C)c3cccc(Br)c3)(CC1)CC2. The third-order valence-corrected chi connectivity index (χ3v) is 8.11. The largest absolute Gasteiger partial charge is 0.333 e. The first-order chi connectivity index (χ1) is 15.7. The molecule has 1 N–H and O–H groups in total. The summed E-state index contributed by atoms with van der Waals surface area (Å²) in [6, 6.07) is 9.38. The minimum atomic E-state index is -2.94. The molecule has 2 aromatic rings. The van der Waals surface area contributed by atoms with E-state index in [-0.39, 0.29) is 28.1 Å². The Bertz CT molecular complexity index is 1040. The standard InChI is InChI=1S/C26H35BrF2N4O/c1-23(2,3)30-22(34)33(19-8-6-7-18(27)15-19)17-25-9-12-26(13-10-25,14-11-25)21-16-20(24(4,28)29)31-32(21)5/h6-8,15-16H,9-14,17H2,1-5H3,(H,30,34). The molecule has 34 heavy (non-hydrogen) atoms. The van der Waals surface area contributed by atoms with Crippen molar-refractivity contribution in [1.29, 1.82) is 0 Å². The summed E-state index contributed by atoms with van der Waals surface area (Å²) in [7, 11) is 1.78. The number of alkyl halides is 2. The Morgan fingerprint density at radius 1 is 1.12 bits per heavy atom. The van der Waals surface area contributed by atoms with Crippen molar-refractivity contribution >= 4 is 27.6 Å². The number of urea groups is 1. The van der Waals surface area contributed by atoms with Crippen LogP contribution in [0.25, 0.3) is 0 Å². The molecule has 1 aromatic carbocycles. The third-order valence-electron chi connectivity index (χ3n) is 7.62. The molecular weight excluding hydrogens is 502 g/mol. The second-order valence-corrected chi connectivity index (χ2v) is 12.4. The van der Waals surface area contributed by atoms with Crippen molar-refractivity contribution in [1.82, 2.24) is 15.1 Å². The van der Waals surface area contributed by atoms with Gasteiger partial charge in [0.05, 0.1) is 0 Å². The van der Waals surface area contributed by atoms with E-state index in [1.165, 1.54) is 0 Å². The van der Waals surface area contributed by atoms with Gasteiger partial charge in [0, 0.05) is 47.3 Å². The van der Waals surface area contributed by atoms with Gasteiger partial charge in [-0.15, -0.1) is 0 Å². The van der Waals surface area contributed by atoms with Crippen LogP contribution in [0.3, 0.4) is 0 Å². The Balaban J connectivity index is 1.57. The first-order valence-electron chi connectivity index (χ1n) is 12.0. The average molecular weight is 537 g/mol. The summed E-state index contributed by atoms with van der Waals surface area (Å²) in [5.41, 5.74) is 1.21. The highest BCUT2D eigenvalue weighted by molar-refractivity contribution is 9.10. The molecular formula is C26H35BrF2N4O. The fraction of sp³-hybridized carbons (Fsp3) is 0.615. The zero-order valence-corrected chi connectivity index (χ0v) is 22.3. The van der Waals surface area contributed by atoms with Crippen LogP contribution < -0.4 is 10.2 Å². The second-order valence-electron chi connectivity index (χ2n) is 11.5. The lowest BCUT2D eigenvalue weighted by atomic mass is 9.52. The molecule has 3 fully saturated rings. The number of nitrogens with one attached hydrogen (secondary N) is 1. The number of anilines is 1. The average Bonchev–Trinajstić information content (AvgIpc) is 3.15. The van der Waals surface area contributed by atoms with Crippen molar-refractivity contribution < 1.29 is 13.6 Å². The smallest absolute Gasteiger partial charge is 0.322 e. The molecule has 3 saturated carbocycles. The summed E-state index contributed by atoms with van der Waals surface area (Å²) < 4.78 is 30.4. The predicted octanol–water partition coefficient (Wildman–Crippen LogP) is 6.90. The molecule has 0 saturated heterocycles. The van der Waals surface area contributed by atoms with E-state index in [1.54, 1.807) is 17.8 Å². The van der Waals surface area contributed by atoms with Crippen LogP contribution in [0.5, 0.6) is 0 Å². The van der Waals surface area contributed by atoms with Crippen molar-refractivity contribution in [3.05, 3.63) is 46.2 Å². The van der Waals surface area contributed by atoms with Crippen LogP contribution in [-0.4, -0.2) is 27.9 Å². The molecule has 2 bridgehead atoms. The van der Waals surface area contributed by atoms with Crippen molar-refractivity contribution in [2.45, 2.75) is 83.1 Å². The number of aryl methyl sites for hydroxylation is 1. The van der Waals surface area contributed by atoms with Crippen molar-refractivity contribution in [2.75, 3.05) is 11.4 Å². The van der Waals surface area contributed by atoms with E-state index in [2.05, 4.69) is 26.3 Å². The molecule has 1 aromatic heterocycles. The summed E-state index contributed by atoms with van der Waals surface area (Å²) in [5, 5.41) is 7.27. The number of aromatic nitrogens is 2. The number of halogens is 3. The van der Waals surface area contributed by atoms with Gasteiger partial charge in [-0.2, -0.15) is 13.9 Å². The Labute approximate surface area is 209 Å². The van der Waals surface area contributed by atoms with Gasteiger partial charge in [-0.3, -0.25) is 9.58 Å². The molecule has 186 valence electrons. The van der Waals surface area contributed by atoms with E-state index in [0.717, 1.165) is 61.3 Å². The third kappa shape index (κ3) is 5.02. The lowest BCUT2D eigenvalue weighted by Crippen LogP contribution is -2.55. The minimum absolute atomic E-state index is 0.0232. The molecule has 5 rings (SSSR count). The maximum Gasteiger partial charge on any atom is 0.322 e. The van der Waals surface area contributed by atoms with Crippen molar-refractivity contribution in [2.24, 2.45) is 12.5 Å². The number of carbonyl (C=O) groups is 1. The zero-order valence-electron chi connectivity index (χ0n) is 20.7. The normalized spacial score (nSPS) is 24.8. The van der Waals surface area contributed by atoms with E-state index < -0.39 is 5.92 Å². The van der Waals surface area contributed by atoms with E-state index in [9.17, 15) is 13.6 Å². The summed E-state index contributed by atoms with van der Waals surface area (Å²) >= 11 is 3.54. The van der Waals surface area contributed by atoms with Gasteiger partial charge in [-0.05, 0) is 89.0 Å². The van der Waals surface area contributed by atoms with Crippen LogP contribution >= 0.6 is 15.9 Å². The van der Waals surface area contributed by atoms with Gasteiger partial charge in [0.25, 0.3) is 5.92 Å². The first-order valence-corrected chi connectivity index (χ1v) is 12.8. The van der Waals surface area contributed by atoms with E-state index in [0.29, 0.717) is 6.54 Å². The number of hydrogen-bond acceptors (Lipinski definition) is 2. The van der Waals surface area contributed by atoms with Crippen LogP contribution in [0, 0.1) is 5.41 Å². The minimum Gasteiger partial charge on any atom is -0.333 e. The van der Waals surface area contributed by atoms with Crippen LogP contribution in [0.1, 0.15) is 77.6 Å². The number of fused-ring (bicyclic) bond motifs is 3. The first kappa shape index (κ1) is 25.1. The fourth-order valence-electron chi connectivity index (χ4n) is 5.71. The Kier molecular flexibility index (Phi) is 6.37. The molecule has 5 nitrogen and oxygen atoms in total. The van der Waals surface area contributed by atoms with Gasteiger partial charge in [-0.25, -0.2) is 4.79 Å². The lowest BCUT2D eigenvalue weighted by molar-refractivity contribution is 0.0122. The maximum absolute atomic E-state index is 13.9. The number of amides is 2. The molecule has 0 radical (unpaired) electrons. The molecule has 0 aliphatic heterocycles. The fourth-order valence-corrected chi connectivity index (χ4v) is 6.10. The zero-order chi connectivity index (χ0) is 24.9. The van der Waals surface area contributed by atoms with Gasteiger partial charge in [0.1, 0.15) is 5.69 Å². The quantitative estimate of drug-likeness (QED) is 0.451. The van der Waals surface area contributed by atoms with Gasteiger partial charge in [0.2, 0.25) is 0 Å². The van der Waals surface area contributed by atoms with E-state index >= 15 is 0 Å². The van der Waals surface area contributed by atoms with Crippen LogP contribution in [0.15, 0.2) is 34.8 Å². The Morgan fingerprint density at radius 3 is 2.24 bits per heavy atom. The van der Waals surface area contributed by atoms with E-state index in [1.807, 2.05) is 49.9 Å². The summed E-state index contributed by atoms with van der Waals surface area (Å²) in [6.07, 6.45) is 5.66. The van der Waals surface area contributed by atoms with Gasteiger partial charge in [0.15, 0.2) is 0 Å². The van der Waals surface area contributed by atoms with E-state index in [4.69, 9.17) is 0 Å². The summed E-state index contributed by atoms with van der Waals surface area (Å²) in [6.45, 7) is 7.51. The molecule has 2 amide bonds. The second kappa shape index (κ2) is 8.61. The number of rotatable bonds is 5. The number of nitrogens with zero attached hydrogens (tertiary/aromatic N) is 3. The summed E-state index contributed by atoms with van der Waals surface area (Å²) in [4.78, 5) is 15.2. The van der Waals surface area contributed by atoms with Gasteiger partial charge >= 0.3 is 6.03 Å². The van der Waals surface area contributed by atoms with Gasteiger partial charge in [-0.1, -0.05) is 22.0 Å². The van der Waals surface area contributed by atoms with Gasteiger partial charge < -0.3 is 5.32 Å². The number of benzene rings is 1. The number of hydrogen-bond donors (Lipinski definition) is 1. The molecule has 0 unspecified atom stereocenters. The highest BCUT2D eigenvalue weighted by Crippen LogP contribution is 2.58. The molecule has 8 heteroatoms. The van der Waals surface area contributed by atoms with Crippen LogP contribution in [-0.2, 0) is 18.4 Å². The lowest BCUT2D eigenvalue weighted by Gasteiger charge is -2.54. The molecule has 3 aliphatic rings. The Morgan fingerprint density at radius 2 is 1.74 bits per heavy atom. The van der Waals surface area contributed by atoms with Crippen LogP contribution in [0.2, 0.25) is 0 Å². The maximum atomic E-state index is 13.9. The number of carbonyl (C=O) groups excluding carboxylic acids is 1. The molecule has 0 spiro atoms. The van der Waals surface area contributed by atoms with Crippen LogP contribution in [0.4, 0.5) is 19.3 Å². The Hall–Kier alpha value is -1.96. The monoisotopic (exact) mass is 536 g/mol. The molecule has 0 atom stereocenters. The van der Waals surface area contributed by atoms with Crippen molar-refractivity contribution in [3.63, 3.8) is 0 Å². The topological polar surface area (TPSA) is 50.2 Å². The highest BCUT2D eigenvalue weighted by Gasteiger charge is 2.52. The summed E-state index contributed by atoms with van der Waals surface area (Å²) in [5.74, 6) is -2.94.